The highest BCUT2D eigenvalue weighted by Gasteiger charge is 2.60. The summed E-state index contributed by atoms with van der Waals surface area (Å²) in [5.41, 5.74) is 0.439. The first-order valence-corrected chi connectivity index (χ1v) is 12.4. The molecule has 4 bridgehead atoms. The first-order chi connectivity index (χ1) is 16.0. The molecule has 3 N–H and O–H groups in total. The highest BCUT2D eigenvalue weighted by atomic mass is 19.1. The molecule has 1 aromatic carbocycles. The largest absolute Gasteiger partial charge is 0.481 e. The summed E-state index contributed by atoms with van der Waals surface area (Å²) in [5.74, 6) is -1.96. The average molecular weight is 472 g/mol. The molecule has 1 saturated heterocycles. The molecule has 4 saturated carbocycles. The smallest absolute Gasteiger partial charge is 0.319 e. The highest BCUT2D eigenvalue weighted by Crippen LogP contribution is 2.66. The molecule has 5 aliphatic rings. The van der Waals surface area contributed by atoms with E-state index in [4.69, 9.17) is 0 Å². The number of amides is 3. The zero-order valence-corrected chi connectivity index (χ0v) is 20.0. The lowest BCUT2D eigenvalue weighted by Gasteiger charge is -2.65. The summed E-state index contributed by atoms with van der Waals surface area (Å²) in [7, 11) is 0. The first-order valence-electron chi connectivity index (χ1n) is 12.4. The summed E-state index contributed by atoms with van der Waals surface area (Å²) in [6.07, 6.45) is 7.69. The number of hydrogen-bond donors (Lipinski definition) is 3. The van der Waals surface area contributed by atoms with E-state index in [0.717, 1.165) is 25.3 Å². The number of nitrogens with zero attached hydrogens (tertiary/aromatic N) is 1. The summed E-state index contributed by atoms with van der Waals surface area (Å²) in [4.78, 5) is 38.4. The zero-order chi connectivity index (χ0) is 24.3. The van der Waals surface area contributed by atoms with Gasteiger partial charge in [-0.3, -0.25) is 9.59 Å². The standard InChI is InChI=1S/C26H34FN3O4/c1-24-9-16-10-25(2,13-24)15-26(11-16,14-24)29-23(34)28-20-6-5-17(8-19(20)27)21(31)30-7-3-4-18(12-30)22(32)33/h5-6,8,16,18H,3-4,7,9-15H2,1-2H3,(H,32,33)(H2,28,29,34). The molecule has 0 aromatic heterocycles. The van der Waals surface area contributed by atoms with Crippen LogP contribution in [0.15, 0.2) is 18.2 Å². The second-order valence-corrected chi connectivity index (χ2v) is 12.1. The van der Waals surface area contributed by atoms with E-state index in [1.54, 1.807) is 0 Å². The maximum absolute atomic E-state index is 14.9. The lowest BCUT2D eigenvalue weighted by atomic mass is 9.43. The Morgan fingerprint density at radius 3 is 2.41 bits per heavy atom. The van der Waals surface area contributed by atoms with Crippen molar-refractivity contribution >= 4 is 23.6 Å². The monoisotopic (exact) mass is 471 g/mol. The second kappa shape index (κ2) is 7.95. The van der Waals surface area contributed by atoms with Crippen LogP contribution in [-0.4, -0.2) is 46.5 Å². The number of carbonyl (C=O) groups is 3. The van der Waals surface area contributed by atoms with E-state index >= 15 is 0 Å². The number of halogens is 1. The number of rotatable bonds is 4. The number of carbonyl (C=O) groups excluding carboxylic acids is 2. The van der Waals surface area contributed by atoms with Gasteiger partial charge in [-0.15, -0.1) is 0 Å². The number of likely N-dealkylation sites (tertiary alicyclic amines) is 1. The van der Waals surface area contributed by atoms with Crippen molar-refractivity contribution in [2.45, 2.75) is 70.8 Å². The van der Waals surface area contributed by atoms with Crippen LogP contribution in [0.1, 0.15) is 75.6 Å². The Balaban J connectivity index is 1.25. The third-order valence-electron chi connectivity index (χ3n) is 8.53. The van der Waals surface area contributed by atoms with Crippen LogP contribution in [-0.2, 0) is 4.79 Å². The van der Waals surface area contributed by atoms with E-state index in [1.807, 2.05) is 0 Å². The Hall–Kier alpha value is -2.64. The van der Waals surface area contributed by atoms with E-state index < -0.39 is 29.6 Å². The normalized spacial score (nSPS) is 36.3. The number of aliphatic carboxylic acids is 1. The van der Waals surface area contributed by atoms with Gasteiger partial charge in [0.25, 0.3) is 5.91 Å². The van der Waals surface area contributed by atoms with Gasteiger partial charge in [0, 0.05) is 24.2 Å². The Kier molecular flexibility index (Phi) is 5.41. The summed E-state index contributed by atoms with van der Waals surface area (Å²) >= 11 is 0. The molecule has 7 nitrogen and oxygen atoms in total. The minimum absolute atomic E-state index is 0.0262. The Bertz CT molecular complexity index is 1020. The molecule has 184 valence electrons. The Morgan fingerprint density at radius 1 is 1.09 bits per heavy atom. The molecule has 1 heterocycles. The van der Waals surface area contributed by atoms with Gasteiger partial charge in [0.15, 0.2) is 0 Å². The van der Waals surface area contributed by atoms with Gasteiger partial charge in [-0.05, 0) is 86.3 Å². The molecule has 0 spiro atoms. The topological polar surface area (TPSA) is 98.7 Å². The molecule has 6 rings (SSSR count). The van der Waals surface area contributed by atoms with Crippen LogP contribution in [0.2, 0.25) is 0 Å². The van der Waals surface area contributed by atoms with Crippen molar-refractivity contribution in [1.82, 2.24) is 10.2 Å². The van der Waals surface area contributed by atoms with E-state index in [-0.39, 0.29) is 34.2 Å². The predicted molar refractivity (Wildman–Crippen MR) is 125 cm³/mol. The van der Waals surface area contributed by atoms with Gasteiger partial charge >= 0.3 is 12.0 Å². The van der Waals surface area contributed by atoms with Crippen molar-refractivity contribution in [2.75, 3.05) is 18.4 Å². The number of carboxylic acids is 1. The fraction of sp³-hybridized carbons (Fsp3) is 0.654. The molecule has 5 fully saturated rings. The lowest BCUT2D eigenvalue weighted by molar-refractivity contribution is -0.143. The SMILES string of the molecule is CC12CC3CC(C)(C1)CC(NC(=O)Nc1ccc(C(=O)N4CCCC(C(=O)O)C4)cc1F)(C3)C2. The van der Waals surface area contributed by atoms with E-state index in [1.165, 1.54) is 36.3 Å². The fourth-order valence-electron chi connectivity index (χ4n) is 8.28. The number of nitrogens with one attached hydrogen (secondary N) is 2. The van der Waals surface area contributed by atoms with Gasteiger partial charge < -0.3 is 20.6 Å². The molecular weight excluding hydrogens is 437 g/mol. The molecule has 3 unspecified atom stereocenters. The third-order valence-corrected chi connectivity index (χ3v) is 8.53. The van der Waals surface area contributed by atoms with Crippen molar-refractivity contribution in [2.24, 2.45) is 22.7 Å². The summed E-state index contributed by atoms with van der Waals surface area (Å²) in [6.45, 7) is 5.24. The van der Waals surface area contributed by atoms with Gasteiger partial charge in [0.1, 0.15) is 5.82 Å². The molecule has 34 heavy (non-hydrogen) atoms. The maximum Gasteiger partial charge on any atom is 0.319 e. The zero-order valence-electron chi connectivity index (χ0n) is 20.0. The van der Waals surface area contributed by atoms with Gasteiger partial charge in [0.05, 0.1) is 11.6 Å². The van der Waals surface area contributed by atoms with Crippen LogP contribution in [0.3, 0.4) is 0 Å². The van der Waals surface area contributed by atoms with Gasteiger partial charge in [-0.1, -0.05) is 13.8 Å². The Morgan fingerprint density at radius 2 is 1.79 bits per heavy atom. The number of benzene rings is 1. The van der Waals surface area contributed by atoms with E-state index in [9.17, 15) is 23.9 Å². The Labute approximate surface area is 199 Å². The predicted octanol–water partition coefficient (Wildman–Crippen LogP) is 4.63. The summed E-state index contributed by atoms with van der Waals surface area (Å²) in [6, 6.07) is 3.60. The second-order valence-electron chi connectivity index (χ2n) is 12.1. The molecule has 3 atom stereocenters. The van der Waals surface area contributed by atoms with Gasteiger partial charge in [-0.2, -0.15) is 0 Å². The molecule has 3 amide bonds. The van der Waals surface area contributed by atoms with Crippen molar-refractivity contribution in [3.8, 4) is 0 Å². The molecular formula is C26H34FN3O4. The fourth-order valence-corrected chi connectivity index (χ4v) is 8.28. The van der Waals surface area contributed by atoms with Crippen LogP contribution in [0, 0.1) is 28.5 Å². The molecule has 1 aromatic rings. The number of hydrogen-bond acceptors (Lipinski definition) is 3. The van der Waals surface area contributed by atoms with Crippen molar-refractivity contribution < 1.29 is 23.9 Å². The van der Waals surface area contributed by atoms with E-state index in [2.05, 4.69) is 24.5 Å². The minimum Gasteiger partial charge on any atom is -0.481 e. The molecule has 8 heteroatoms. The quantitative estimate of drug-likeness (QED) is 0.596. The third kappa shape index (κ3) is 4.27. The van der Waals surface area contributed by atoms with Gasteiger partial charge in [-0.25, -0.2) is 9.18 Å². The number of urea groups is 1. The highest BCUT2D eigenvalue weighted by molar-refractivity contribution is 5.96. The maximum atomic E-state index is 14.9. The number of piperidine rings is 1. The van der Waals surface area contributed by atoms with Crippen LogP contribution < -0.4 is 10.6 Å². The van der Waals surface area contributed by atoms with Crippen molar-refractivity contribution in [1.29, 1.82) is 0 Å². The van der Waals surface area contributed by atoms with Crippen LogP contribution in [0.4, 0.5) is 14.9 Å². The molecule has 1 aliphatic heterocycles. The van der Waals surface area contributed by atoms with Crippen LogP contribution in [0.5, 0.6) is 0 Å². The number of anilines is 1. The van der Waals surface area contributed by atoms with Crippen molar-refractivity contribution in [3.05, 3.63) is 29.6 Å². The van der Waals surface area contributed by atoms with Gasteiger partial charge in [0.2, 0.25) is 0 Å². The summed E-state index contributed by atoms with van der Waals surface area (Å²) < 4.78 is 14.9. The minimum atomic E-state index is -0.920. The average Bonchev–Trinajstić information content (AvgIpc) is 2.71. The summed E-state index contributed by atoms with van der Waals surface area (Å²) in [5, 5.41) is 15.1. The molecule has 0 radical (unpaired) electrons. The van der Waals surface area contributed by atoms with Crippen LogP contribution in [0.25, 0.3) is 0 Å². The van der Waals surface area contributed by atoms with Crippen molar-refractivity contribution in [3.63, 3.8) is 0 Å². The first kappa shape index (κ1) is 23.1. The lowest BCUT2D eigenvalue weighted by Crippen LogP contribution is -2.65. The number of carboxylic acid groups (broad SMARTS) is 1. The van der Waals surface area contributed by atoms with Crippen LogP contribution >= 0.6 is 0 Å². The molecule has 4 aliphatic carbocycles. The van der Waals surface area contributed by atoms with E-state index in [0.29, 0.717) is 25.3 Å².